The predicted octanol–water partition coefficient (Wildman–Crippen LogP) is 13.1. The average Bonchev–Trinajstić information content (AvgIpc) is 0.868. The number of anilines is 2. The molecule has 14 fully saturated rings. The number of piperidine rings is 2. The van der Waals surface area contributed by atoms with Gasteiger partial charge >= 0.3 is 0 Å². The van der Waals surface area contributed by atoms with Crippen molar-refractivity contribution in [1.82, 2.24) is 80.6 Å². The minimum absolute atomic E-state index is 0.337. The number of likely N-dealkylation sites (N-methyl/N-ethyl adjacent to an activating group) is 2. The molecular formula is C73H136N20O4S15. The molecule has 0 bridgehead atoms. The van der Waals surface area contributed by atoms with Crippen LogP contribution in [0.3, 0.4) is 0 Å². The van der Waals surface area contributed by atoms with E-state index in [1.165, 1.54) is 211 Å². The van der Waals surface area contributed by atoms with Gasteiger partial charge in [0.1, 0.15) is 11.6 Å². The standard InChI is InChI=1S/C18H24N6S2.C12H24N2O2S2.C10H22N4S2.C10H20N2S2.C8H16N2O2S2.C8H16N2S4.C7H14N2S/c1-3-7-19-17(5-1)21-9-13-23(14-10-21)25-26-24-15-11-22(12-16-24)18-6-2-4-8-20-18;1-9-5-13(6-10(2)15-9)17-18-14-7-11(3)16-12(4)8-14;1-11-3-7-13(8-4-11)15-16-14-9-5-12(2)6-10-14;1-3-7-11(8-4-1)13-14-12-9-5-2-6-10-12;2*1-5-11-6-2-9(1)13-14-10-3-7-12-8-4-10;1-3-8(4-1)7-10-9-5-2-6-9/h1-8H,9-16H2;9-12H,5-8H2,1-4H3;3-10H2,1-2H3;1-10H2;2*1-8H2;1-7H2. The van der Waals surface area contributed by atoms with E-state index in [0.717, 1.165) is 143 Å². The number of thioether (sulfide) groups is 2. The van der Waals surface area contributed by atoms with Gasteiger partial charge in [0.05, 0.1) is 56.7 Å². The van der Waals surface area contributed by atoms with Crippen molar-refractivity contribution in [3.8, 4) is 0 Å². The molecular weight excluding hydrogens is 1700 g/mol. The van der Waals surface area contributed by atoms with Crippen molar-refractivity contribution in [1.29, 1.82) is 0 Å². The highest BCUT2D eigenvalue weighted by atomic mass is 33.1. The molecule has 0 saturated carbocycles. The summed E-state index contributed by atoms with van der Waals surface area (Å²) in [5.41, 5.74) is 0. The van der Waals surface area contributed by atoms with Crippen molar-refractivity contribution in [2.45, 2.75) is 103 Å². The normalized spacial score (nSPS) is 27.3. The Labute approximate surface area is 738 Å². The van der Waals surface area contributed by atoms with E-state index < -0.39 is 0 Å². The Morgan fingerprint density at radius 2 is 0.589 bits per heavy atom. The molecule has 0 aromatic carbocycles. The topological polar surface area (TPSA) is 121 Å². The smallest absolute Gasteiger partial charge is 0.128 e. The summed E-state index contributed by atoms with van der Waals surface area (Å²) in [7, 11) is 27.3. The second-order valence-electron chi connectivity index (χ2n) is 29.9. The van der Waals surface area contributed by atoms with Gasteiger partial charge in [-0.05, 0) is 105 Å². The molecule has 16 heterocycles. The molecule has 39 heteroatoms. The fraction of sp³-hybridized carbons (Fsp3) is 0.863. The minimum atomic E-state index is 0.337. The van der Waals surface area contributed by atoms with Gasteiger partial charge < -0.3 is 38.5 Å². The lowest BCUT2D eigenvalue weighted by Gasteiger charge is -2.37. The minimum Gasteiger partial charge on any atom is -0.379 e. The number of nitrogens with zero attached hydrogens (tertiary/aromatic N) is 20. The van der Waals surface area contributed by atoms with E-state index >= 15 is 0 Å². The fourth-order valence-corrected chi connectivity index (χ4v) is 30.7. The van der Waals surface area contributed by atoms with E-state index in [2.05, 4.69) is 180 Å². The first kappa shape index (κ1) is 96.6. The van der Waals surface area contributed by atoms with Crippen LogP contribution in [-0.4, -0.2) is 410 Å². The Morgan fingerprint density at radius 3 is 0.884 bits per heavy atom. The highest BCUT2D eigenvalue weighted by Crippen LogP contribution is 2.39. The molecule has 14 saturated heterocycles. The summed E-state index contributed by atoms with van der Waals surface area (Å²) in [6, 6.07) is 12.3. The lowest BCUT2D eigenvalue weighted by Crippen LogP contribution is -2.45. The second-order valence-corrected chi connectivity index (χ2v) is 46.8. The van der Waals surface area contributed by atoms with E-state index in [1.54, 1.807) is 0 Å². The van der Waals surface area contributed by atoms with Gasteiger partial charge in [0, 0.05) is 403 Å². The maximum absolute atomic E-state index is 5.74. The average molecular weight is 1840 g/mol. The Morgan fingerprint density at radius 1 is 0.304 bits per heavy atom. The summed E-state index contributed by atoms with van der Waals surface area (Å²) in [4.78, 5) is 21.0. The monoisotopic (exact) mass is 1840 g/mol. The molecule has 14 aliphatic heterocycles. The van der Waals surface area contributed by atoms with Crippen LogP contribution in [0.5, 0.6) is 0 Å². The van der Waals surface area contributed by atoms with Crippen molar-refractivity contribution < 1.29 is 18.9 Å². The fourth-order valence-electron chi connectivity index (χ4n) is 13.2. The molecule has 4 unspecified atom stereocenters. The van der Waals surface area contributed by atoms with Gasteiger partial charge in [-0.2, -0.15) is 23.5 Å². The van der Waals surface area contributed by atoms with Crippen molar-refractivity contribution in [2.24, 2.45) is 0 Å². The van der Waals surface area contributed by atoms with Crippen LogP contribution in [0.1, 0.15) is 79.1 Å². The van der Waals surface area contributed by atoms with E-state index in [4.69, 9.17) is 18.9 Å². The number of hydrogen-bond donors (Lipinski definition) is 0. The summed E-state index contributed by atoms with van der Waals surface area (Å²) in [6.45, 7) is 53.9. The first-order valence-electron chi connectivity index (χ1n) is 41.4. The molecule has 14 aliphatic rings. The zero-order valence-corrected chi connectivity index (χ0v) is 80.4. The number of ether oxygens (including phenoxy) is 4. The second kappa shape index (κ2) is 58.5. The Balaban J connectivity index is 0.000000141. The molecule has 2 aromatic rings. The summed E-state index contributed by atoms with van der Waals surface area (Å²) >= 11 is 6.16. The molecule has 0 aliphatic carbocycles. The van der Waals surface area contributed by atoms with Crippen LogP contribution in [-0.2, 0) is 18.9 Å². The molecule has 4 atom stereocenters. The van der Waals surface area contributed by atoms with Gasteiger partial charge in [-0.25, -0.2) is 65.9 Å². The van der Waals surface area contributed by atoms with Crippen LogP contribution < -0.4 is 9.80 Å². The Bertz CT molecular complexity index is 2360. The molecule has 0 radical (unpaired) electrons. The first-order valence-corrected chi connectivity index (χ1v) is 57.1. The molecule has 0 amide bonds. The number of hydrogen-bond acceptors (Lipinski definition) is 39. The van der Waals surface area contributed by atoms with Crippen LogP contribution in [0.15, 0.2) is 48.8 Å². The number of pyridine rings is 2. The summed E-state index contributed by atoms with van der Waals surface area (Å²) in [5.74, 6) is 8.66. The molecule has 642 valence electrons. The van der Waals surface area contributed by atoms with Crippen LogP contribution >= 0.6 is 167 Å². The number of aromatic nitrogens is 2. The summed E-state index contributed by atoms with van der Waals surface area (Å²) in [6.07, 6.45) is 16.4. The summed E-state index contributed by atoms with van der Waals surface area (Å²) in [5, 5.41) is 0. The molecule has 2 aromatic heterocycles. The van der Waals surface area contributed by atoms with Crippen molar-refractivity contribution >= 4 is 179 Å². The van der Waals surface area contributed by atoms with E-state index in [9.17, 15) is 0 Å². The lowest BCUT2D eigenvalue weighted by molar-refractivity contribution is -0.0424. The third kappa shape index (κ3) is 40.5. The molecule has 24 nitrogen and oxygen atoms in total. The number of rotatable bonds is 23. The van der Waals surface area contributed by atoms with Crippen LogP contribution in [0, 0.1) is 0 Å². The Hall–Kier alpha value is 2.35. The summed E-state index contributed by atoms with van der Waals surface area (Å²) < 4.78 is 54.1. The van der Waals surface area contributed by atoms with Crippen LogP contribution in [0.4, 0.5) is 11.6 Å². The van der Waals surface area contributed by atoms with Gasteiger partial charge in [0.15, 0.2) is 0 Å². The Kier molecular flexibility index (Phi) is 50.5. The zero-order valence-electron chi connectivity index (χ0n) is 68.1. The van der Waals surface area contributed by atoms with Crippen molar-refractivity contribution in [3.05, 3.63) is 48.8 Å². The SMILES string of the molecule is C1CCN(SSN2CCCCC2)CC1.C1CN(CSN2CCC2)C1.C1CN(SSN2CCOCC2)CCO1.C1CN(SSN2CCSCC2)CCS1.CC1CN(SSN2CC(C)OC(C)C2)CC(C)O1.CN1CCN(SSN2CCN(C)CC2)CC1.c1ccc(N2CCN(SSN3CCN(c4ccccn4)CC3)CC2)nc1. The molecule has 112 heavy (non-hydrogen) atoms. The van der Waals surface area contributed by atoms with E-state index in [1.807, 2.05) is 168 Å². The van der Waals surface area contributed by atoms with Crippen molar-refractivity contribution in [2.75, 3.05) is 315 Å². The molecule has 16 rings (SSSR count). The van der Waals surface area contributed by atoms with Gasteiger partial charge in [-0.1, -0.05) is 36.9 Å². The molecule has 0 N–H and O–H groups in total. The number of morpholine rings is 4. The number of piperazine rings is 4. The van der Waals surface area contributed by atoms with Gasteiger partial charge in [0.25, 0.3) is 0 Å². The van der Waals surface area contributed by atoms with Gasteiger partial charge in [0.2, 0.25) is 0 Å². The maximum atomic E-state index is 5.74. The van der Waals surface area contributed by atoms with Crippen molar-refractivity contribution in [3.63, 3.8) is 0 Å². The van der Waals surface area contributed by atoms with Gasteiger partial charge in [-0.3, -0.25) is 4.90 Å². The molecule has 0 spiro atoms. The van der Waals surface area contributed by atoms with E-state index in [-0.39, 0.29) is 0 Å². The zero-order chi connectivity index (χ0) is 77.8. The third-order valence-corrected chi connectivity index (χ3v) is 39.3. The largest absolute Gasteiger partial charge is 0.379 e. The number of likely N-dealkylation sites (tertiary alicyclic amines) is 1. The lowest BCUT2D eigenvalue weighted by atomic mass is 10.2. The van der Waals surface area contributed by atoms with Crippen LogP contribution in [0.25, 0.3) is 0 Å². The maximum Gasteiger partial charge on any atom is 0.128 e. The quantitative estimate of drug-likeness (QED) is 0.0774. The predicted molar refractivity (Wildman–Crippen MR) is 507 cm³/mol. The highest BCUT2D eigenvalue weighted by Gasteiger charge is 2.30. The highest BCUT2D eigenvalue weighted by molar-refractivity contribution is 8.76. The van der Waals surface area contributed by atoms with E-state index in [0.29, 0.717) is 24.4 Å². The first-order chi connectivity index (χ1) is 54.9. The van der Waals surface area contributed by atoms with Crippen LogP contribution in [0.2, 0.25) is 0 Å². The third-order valence-electron chi connectivity index (χ3n) is 20.3. The van der Waals surface area contributed by atoms with Gasteiger partial charge in [-0.15, -0.1) is 0 Å².